The SMILES string of the molecule is CCCCCCC/C=C\C/C=C\CCCCCCCCCCCCCCCCCCCC(=O)NC(CO)C(O)/C=C/CCCCCCCCCCCCCCCCCCCCC. The van der Waals surface area contributed by atoms with Crippen LogP contribution in [0.3, 0.4) is 0 Å². The molecule has 0 saturated carbocycles. The Morgan fingerprint density at radius 1 is 0.387 bits per heavy atom. The van der Waals surface area contributed by atoms with Gasteiger partial charge in [-0.15, -0.1) is 0 Å². The van der Waals surface area contributed by atoms with Gasteiger partial charge >= 0.3 is 0 Å². The molecule has 0 bridgehead atoms. The van der Waals surface area contributed by atoms with Gasteiger partial charge in [0.1, 0.15) is 0 Å². The fourth-order valence-electron chi connectivity index (χ4n) is 8.80. The third kappa shape index (κ3) is 49.6. The highest BCUT2D eigenvalue weighted by molar-refractivity contribution is 5.76. The summed E-state index contributed by atoms with van der Waals surface area (Å²) in [4.78, 5) is 12.5. The Morgan fingerprint density at radius 2 is 0.661 bits per heavy atom. The first-order valence-electron chi connectivity index (χ1n) is 28.2. The molecule has 0 heterocycles. The number of aliphatic hydroxyl groups is 2. The molecule has 0 saturated heterocycles. The zero-order valence-electron chi connectivity index (χ0n) is 42.2. The van der Waals surface area contributed by atoms with Gasteiger partial charge in [-0.1, -0.05) is 288 Å². The highest BCUT2D eigenvalue weighted by Gasteiger charge is 2.18. The van der Waals surface area contributed by atoms with Crippen LogP contribution in [0.2, 0.25) is 0 Å². The predicted octanol–water partition coefficient (Wildman–Crippen LogP) is 18.5. The molecule has 0 radical (unpaired) electrons. The van der Waals surface area contributed by atoms with E-state index in [1.165, 1.54) is 257 Å². The summed E-state index contributed by atoms with van der Waals surface area (Å²) in [6, 6.07) is -0.621. The smallest absolute Gasteiger partial charge is 0.220 e. The highest BCUT2D eigenvalue weighted by Crippen LogP contribution is 2.17. The molecule has 0 aromatic rings. The quantitative estimate of drug-likeness (QED) is 0.0421. The number of carbonyl (C=O) groups excluding carboxylic acids is 1. The molecule has 2 atom stereocenters. The summed E-state index contributed by atoms with van der Waals surface area (Å²) in [5.41, 5.74) is 0. The summed E-state index contributed by atoms with van der Waals surface area (Å²) in [6.45, 7) is 4.33. The molecular weight excluding hydrogens is 759 g/mol. The largest absolute Gasteiger partial charge is 0.394 e. The van der Waals surface area contributed by atoms with Crippen LogP contribution in [0.4, 0.5) is 0 Å². The molecular formula is C58H111NO3. The number of aliphatic hydroxyl groups excluding tert-OH is 2. The Bertz CT molecular complexity index is 943. The first-order valence-corrected chi connectivity index (χ1v) is 28.2. The first kappa shape index (κ1) is 60.6. The van der Waals surface area contributed by atoms with Crippen LogP contribution in [0.25, 0.3) is 0 Å². The number of allylic oxidation sites excluding steroid dienone is 5. The normalized spacial score (nSPS) is 13.0. The van der Waals surface area contributed by atoms with E-state index < -0.39 is 12.1 Å². The van der Waals surface area contributed by atoms with Crippen LogP contribution in [0.1, 0.15) is 309 Å². The first-order chi connectivity index (χ1) is 30.7. The second-order valence-corrected chi connectivity index (χ2v) is 19.4. The second kappa shape index (κ2) is 53.9. The lowest BCUT2D eigenvalue weighted by molar-refractivity contribution is -0.123. The summed E-state index contributed by atoms with van der Waals surface area (Å²) in [5, 5.41) is 23.2. The Kier molecular flexibility index (Phi) is 52.7. The van der Waals surface area contributed by atoms with E-state index in [4.69, 9.17) is 0 Å². The molecule has 0 aliphatic rings. The van der Waals surface area contributed by atoms with Crippen LogP contribution in [0.15, 0.2) is 36.5 Å². The van der Waals surface area contributed by atoms with Crippen molar-refractivity contribution in [3.8, 4) is 0 Å². The van der Waals surface area contributed by atoms with Gasteiger partial charge in [0.2, 0.25) is 5.91 Å². The average Bonchev–Trinajstić information content (AvgIpc) is 3.28. The average molecular weight is 871 g/mol. The van der Waals surface area contributed by atoms with Gasteiger partial charge in [-0.05, 0) is 51.4 Å². The number of hydrogen-bond donors (Lipinski definition) is 3. The van der Waals surface area contributed by atoms with Crippen LogP contribution >= 0.6 is 0 Å². The minimum absolute atomic E-state index is 0.0591. The van der Waals surface area contributed by atoms with Crippen LogP contribution in [-0.2, 0) is 4.79 Å². The fraction of sp³-hybridized carbons (Fsp3) is 0.879. The Balaban J connectivity index is 3.47. The van der Waals surface area contributed by atoms with Gasteiger partial charge < -0.3 is 15.5 Å². The zero-order chi connectivity index (χ0) is 44.9. The van der Waals surface area contributed by atoms with Crippen molar-refractivity contribution in [2.45, 2.75) is 321 Å². The van der Waals surface area contributed by atoms with E-state index in [0.29, 0.717) is 6.42 Å². The van der Waals surface area contributed by atoms with Crippen LogP contribution < -0.4 is 5.32 Å². The van der Waals surface area contributed by atoms with E-state index in [2.05, 4.69) is 43.5 Å². The summed E-state index contributed by atoms with van der Waals surface area (Å²) >= 11 is 0. The number of hydrogen-bond acceptors (Lipinski definition) is 3. The Morgan fingerprint density at radius 3 is 0.968 bits per heavy atom. The van der Waals surface area contributed by atoms with Crippen molar-refractivity contribution in [1.29, 1.82) is 0 Å². The van der Waals surface area contributed by atoms with E-state index in [1.54, 1.807) is 6.08 Å². The summed E-state index contributed by atoms with van der Waals surface area (Å²) < 4.78 is 0. The lowest BCUT2D eigenvalue weighted by Gasteiger charge is -2.20. The molecule has 4 nitrogen and oxygen atoms in total. The topological polar surface area (TPSA) is 69.6 Å². The van der Waals surface area contributed by atoms with Crippen molar-refractivity contribution in [3.05, 3.63) is 36.5 Å². The van der Waals surface area contributed by atoms with Crippen molar-refractivity contribution in [3.63, 3.8) is 0 Å². The molecule has 0 spiro atoms. The van der Waals surface area contributed by atoms with Crippen LogP contribution in [-0.4, -0.2) is 34.9 Å². The number of unbranched alkanes of at least 4 members (excludes halogenated alkanes) is 41. The molecule has 0 aromatic heterocycles. The molecule has 1 amide bonds. The van der Waals surface area contributed by atoms with Gasteiger partial charge in [0.25, 0.3) is 0 Å². The molecule has 0 aliphatic heterocycles. The van der Waals surface area contributed by atoms with Crippen molar-refractivity contribution in [2.24, 2.45) is 0 Å². The molecule has 366 valence electrons. The van der Waals surface area contributed by atoms with Crippen molar-refractivity contribution < 1.29 is 15.0 Å². The fourth-order valence-corrected chi connectivity index (χ4v) is 8.80. The predicted molar refractivity (Wildman–Crippen MR) is 276 cm³/mol. The minimum Gasteiger partial charge on any atom is -0.394 e. The highest BCUT2D eigenvalue weighted by atomic mass is 16.3. The number of amides is 1. The molecule has 2 unspecified atom stereocenters. The molecule has 0 aromatic carbocycles. The maximum Gasteiger partial charge on any atom is 0.220 e. The third-order valence-corrected chi connectivity index (χ3v) is 13.1. The minimum atomic E-state index is -0.838. The maximum absolute atomic E-state index is 12.5. The van der Waals surface area contributed by atoms with Crippen LogP contribution in [0.5, 0.6) is 0 Å². The lowest BCUT2D eigenvalue weighted by Crippen LogP contribution is -2.45. The van der Waals surface area contributed by atoms with E-state index in [0.717, 1.165) is 32.1 Å². The molecule has 62 heavy (non-hydrogen) atoms. The van der Waals surface area contributed by atoms with Crippen LogP contribution in [0, 0.1) is 0 Å². The van der Waals surface area contributed by atoms with E-state index in [-0.39, 0.29) is 12.5 Å². The van der Waals surface area contributed by atoms with E-state index in [9.17, 15) is 15.0 Å². The standard InChI is InChI=1S/C58H111NO3/c1-3-5-7-9-11-13-15-17-19-21-23-25-26-27-28-29-30-31-32-34-36-38-40-42-44-46-48-50-52-54-58(62)59-56(55-60)57(61)53-51-49-47-45-43-41-39-37-35-33-24-22-20-18-16-14-12-10-8-6-4-2/h15,17,21,23,51,53,56-57,60-61H,3-14,16,18-20,22,24-50,52,54-55H2,1-2H3,(H,59,62)/b17-15-,23-21-,53-51+. The van der Waals surface area contributed by atoms with E-state index in [1.807, 2.05) is 6.08 Å². The number of nitrogens with one attached hydrogen (secondary N) is 1. The van der Waals surface area contributed by atoms with Gasteiger partial charge in [0.05, 0.1) is 18.8 Å². The molecule has 3 N–H and O–H groups in total. The molecule has 0 aliphatic carbocycles. The second-order valence-electron chi connectivity index (χ2n) is 19.4. The van der Waals surface area contributed by atoms with E-state index >= 15 is 0 Å². The summed E-state index contributed by atoms with van der Waals surface area (Å²) in [7, 11) is 0. The third-order valence-electron chi connectivity index (χ3n) is 13.1. The van der Waals surface area contributed by atoms with Gasteiger partial charge in [0, 0.05) is 6.42 Å². The molecule has 0 fully saturated rings. The van der Waals surface area contributed by atoms with Gasteiger partial charge in [-0.25, -0.2) is 0 Å². The Labute approximate surface area is 389 Å². The van der Waals surface area contributed by atoms with Crippen molar-refractivity contribution >= 4 is 5.91 Å². The summed E-state index contributed by atoms with van der Waals surface area (Å²) in [6.07, 6.45) is 73.0. The lowest BCUT2D eigenvalue weighted by atomic mass is 10.0. The number of carbonyl (C=O) groups is 1. The van der Waals surface area contributed by atoms with Gasteiger partial charge in [-0.3, -0.25) is 4.79 Å². The zero-order valence-corrected chi connectivity index (χ0v) is 42.2. The van der Waals surface area contributed by atoms with Crippen molar-refractivity contribution in [1.82, 2.24) is 5.32 Å². The molecule has 0 rings (SSSR count). The maximum atomic E-state index is 12.5. The Hall–Kier alpha value is -1.39. The number of rotatable bonds is 52. The van der Waals surface area contributed by atoms with Gasteiger partial charge in [-0.2, -0.15) is 0 Å². The molecule has 4 heteroatoms. The van der Waals surface area contributed by atoms with Crippen molar-refractivity contribution in [2.75, 3.05) is 6.61 Å². The summed E-state index contributed by atoms with van der Waals surface area (Å²) in [5.74, 6) is -0.0591. The monoisotopic (exact) mass is 870 g/mol. The van der Waals surface area contributed by atoms with Gasteiger partial charge in [0.15, 0.2) is 0 Å².